The number of nitriles is 1. The smallest absolute Gasteiger partial charge is 0.234 e. The molecule has 1 aromatic heterocycles. The summed E-state index contributed by atoms with van der Waals surface area (Å²) in [5, 5.41) is 17.1. The Morgan fingerprint density at radius 3 is 2.67 bits per heavy atom. The zero-order valence-corrected chi connectivity index (χ0v) is 15.3. The van der Waals surface area contributed by atoms with Crippen LogP contribution in [0.4, 0.5) is 5.69 Å². The molecule has 0 aliphatic heterocycles. The molecule has 4 rings (SSSR count). The third-order valence-corrected chi connectivity index (χ3v) is 5.05. The molecule has 1 heterocycles. The second-order valence-corrected chi connectivity index (χ2v) is 7.21. The zero-order valence-electron chi connectivity index (χ0n) is 14.5. The molecule has 0 spiro atoms. The number of rotatable bonds is 6. The van der Waals surface area contributed by atoms with E-state index in [2.05, 4.69) is 21.5 Å². The van der Waals surface area contributed by atoms with Gasteiger partial charge in [0.25, 0.3) is 0 Å². The molecule has 7 heteroatoms. The Kier molecular flexibility index (Phi) is 4.90. The minimum absolute atomic E-state index is 0.183. The Labute approximate surface area is 161 Å². The number of carbonyl (C=O) groups excluding carboxylic acids is 1. The van der Waals surface area contributed by atoms with E-state index in [9.17, 15) is 4.79 Å². The quantitative estimate of drug-likeness (QED) is 0.664. The van der Waals surface area contributed by atoms with Crippen molar-refractivity contribution < 1.29 is 4.79 Å². The fourth-order valence-corrected chi connectivity index (χ4v) is 3.37. The Bertz CT molecular complexity index is 1000. The fraction of sp³-hybridized carbons (Fsp3) is 0.200. The van der Waals surface area contributed by atoms with Gasteiger partial charge in [-0.3, -0.25) is 4.79 Å². The van der Waals surface area contributed by atoms with E-state index in [0.717, 1.165) is 24.4 Å². The highest BCUT2D eigenvalue weighted by Crippen LogP contribution is 2.40. The Balaban J connectivity index is 1.46. The van der Waals surface area contributed by atoms with E-state index in [1.54, 1.807) is 24.3 Å². The van der Waals surface area contributed by atoms with Crippen LogP contribution in [0.3, 0.4) is 0 Å². The minimum atomic E-state index is -0.188. The van der Waals surface area contributed by atoms with Gasteiger partial charge in [-0.2, -0.15) is 5.26 Å². The van der Waals surface area contributed by atoms with E-state index >= 15 is 0 Å². The van der Waals surface area contributed by atoms with E-state index in [1.807, 2.05) is 35.0 Å². The molecule has 0 bridgehead atoms. The maximum atomic E-state index is 12.3. The number of hydrogen-bond donors (Lipinski definition) is 1. The molecule has 0 radical (unpaired) electrons. The maximum Gasteiger partial charge on any atom is 0.234 e. The number of carbonyl (C=O) groups is 1. The normalized spacial score (nSPS) is 13.1. The lowest BCUT2D eigenvalue weighted by Gasteiger charge is -2.05. The molecule has 3 aromatic rings. The minimum Gasteiger partial charge on any atom is -0.324 e. The molecular formula is C20H17N5OS. The van der Waals surface area contributed by atoms with Gasteiger partial charge in [-0.25, -0.2) is 9.67 Å². The van der Waals surface area contributed by atoms with Gasteiger partial charge in [-0.05, 0) is 37.1 Å². The molecule has 1 aliphatic carbocycles. The van der Waals surface area contributed by atoms with Crippen molar-refractivity contribution in [1.29, 1.82) is 5.26 Å². The van der Waals surface area contributed by atoms with Crippen molar-refractivity contribution >= 4 is 23.4 Å². The Morgan fingerprint density at radius 1 is 1.19 bits per heavy atom. The van der Waals surface area contributed by atoms with Crippen LogP contribution in [0.25, 0.3) is 5.69 Å². The van der Waals surface area contributed by atoms with E-state index < -0.39 is 0 Å². The first-order valence-corrected chi connectivity index (χ1v) is 9.67. The van der Waals surface area contributed by atoms with Crippen molar-refractivity contribution in [2.75, 3.05) is 11.1 Å². The fourth-order valence-electron chi connectivity index (χ4n) is 2.74. The number of benzene rings is 2. The van der Waals surface area contributed by atoms with Crippen LogP contribution in [0.1, 0.15) is 30.1 Å². The lowest BCUT2D eigenvalue weighted by molar-refractivity contribution is -0.113. The summed E-state index contributed by atoms with van der Waals surface area (Å²) in [5.74, 6) is 1.40. The van der Waals surface area contributed by atoms with Gasteiger partial charge in [0.15, 0.2) is 0 Å². The first-order chi connectivity index (χ1) is 13.2. The van der Waals surface area contributed by atoms with Gasteiger partial charge in [0.05, 0.1) is 22.7 Å². The van der Waals surface area contributed by atoms with E-state index in [4.69, 9.17) is 5.26 Å². The summed E-state index contributed by atoms with van der Waals surface area (Å²) in [5.41, 5.74) is 1.94. The predicted octanol–water partition coefficient (Wildman–Crippen LogP) is 3.75. The number of amides is 1. The van der Waals surface area contributed by atoms with Gasteiger partial charge in [0.2, 0.25) is 11.1 Å². The van der Waals surface area contributed by atoms with Crippen LogP contribution >= 0.6 is 11.8 Å². The highest BCUT2D eigenvalue weighted by Gasteiger charge is 2.30. The van der Waals surface area contributed by atoms with Crippen molar-refractivity contribution in [3.8, 4) is 11.8 Å². The van der Waals surface area contributed by atoms with Crippen LogP contribution in [0.5, 0.6) is 0 Å². The lowest BCUT2D eigenvalue weighted by Crippen LogP contribution is -2.15. The third-order valence-electron chi connectivity index (χ3n) is 4.21. The Morgan fingerprint density at radius 2 is 1.93 bits per heavy atom. The molecule has 1 amide bonds. The number of hydrogen-bond acceptors (Lipinski definition) is 5. The predicted molar refractivity (Wildman–Crippen MR) is 104 cm³/mol. The number of aromatic nitrogens is 3. The van der Waals surface area contributed by atoms with E-state index in [0.29, 0.717) is 22.3 Å². The number of nitrogens with one attached hydrogen (secondary N) is 1. The molecule has 0 atom stereocenters. The third kappa shape index (κ3) is 4.01. The largest absolute Gasteiger partial charge is 0.324 e. The summed E-state index contributed by atoms with van der Waals surface area (Å²) >= 11 is 1.30. The Hall–Kier alpha value is -3.11. The molecule has 27 heavy (non-hydrogen) atoms. The number of para-hydroxylation sites is 2. The van der Waals surface area contributed by atoms with E-state index in [-0.39, 0.29) is 11.7 Å². The van der Waals surface area contributed by atoms with Gasteiger partial charge in [-0.15, -0.1) is 5.10 Å². The molecule has 2 aromatic carbocycles. The zero-order chi connectivity index (χ0) is 18.6. The molecule has 1 aliphatic rings. The van der Waals surface area contributed by atoms with Crippen LogP contribution in [0.15, 0.2) is 59.8 Å². The molecule has 0 unspecified atom stereocenters. The molecule has 0 saturated heterocycles. The highest BCUT2D eigenvalue weighted by atomic mass is 32.2. The molecule has 6 nitrogen and oxygen atoms in total. The topological polar surface area (TPSA) is 83.6 Å². The van der Waals surface area contributed by atoms with Crippen molar-refractivity contribution in [1.82, 2.24) is 14.8 Å². The van der Waals surface area contributed by atoms with Crippen LogP contribution in [0, 0.1) is 11.3 Å². The van der Waals surface area contributed by atoms with Crippen molar-refractivity contribution in [3.63, 3.8) is 0 Å². The summed E-state index contributed by atoms with van der Waals surface area (Å²) in [4.78, 5) is 16.9. The average molecular weight is 375 g/mol. The first-order valence-electron chi connectivity index (χ1n) is 8.69. The van der Waals surface area contributed by atoms with Crippen molar-refractivity contribution in [3.05, 3.63) is 66.0 Å². The number of nitrogens with zero attached hydrogens (tertiary/aromatic N) is 4. The van der Waals surface area contributed by atoms with Gasteiger partial charge >= 0.3 is 0 Å². The summed E-state index contributed by atoms with van der Waals surface area (Å²) in [6.07, 6.45) is 2.25. The van der Waals surface area contributed by atoms with Crippen LogP contribution < -0.4 is 5.32 Å². The molecule has 1 saturated carbocycles. The van der Waals surface area contributed by atoms with Gasteiger partial charge in [0, 0.05) is 5.92 Å². The van der Waals surface area contributed by atoms with Gasteiger partial charge < -0.3 is 5.32 Å². The maximum absolute atomic E-state index is 12.3. The molecule has 1 fully saturated rings. The summed E-state index contributed by atoms with van der Waals surface area (Å²) in [7, 11) is 0. The van der Waals surface area contributed by atoms with Crippen LogP contribution in [-0.4, -0.2) is 26.4 Å². The highest BCUT2D eigenvalue weighted by molar-refractivity contribution is 7.99. The molecular weight excluding hydrogens is 358 g/mol. The summed E-state index contributed by atoms with van der Waals surface area (Å²) < 4.78 is 1.88. The summed E-state index contributed by atoms with van der Waals surface area (Å²) in [6, 6.07) is 18.9. The number of anilines is 1. The van der Waals surface area contributed by atoms with Gasteiger partial charge in [-0.1, -0.05) is 42.1 Å². The lowest BCUT2D eigenvalue weighted by atomic mass is 10.2. The monoisotopic (exact) mass is 375 g/mol. The number of thioether (sulfide) groups is 1. The average Bonchev–Trinajstić information content (AvgIpc) is 3.47. The van der Waals surface area contributed by atoms with Crippen LogP contribution in [0.2, 0.25) is 0 Å². The van der Waals surface area contributed by atoms with Gasteiger partial charge in [0.1, 0.15) is 11.9 Å². The van der Waals surface area contributed by atoms with Crippen LogP contribution in [-0.2, 0) is 4.79 Å². The molecule has 1 N–H and O–H groups in total. The molecule has 134 valence electrons. The first kappa shape index (κ1) is 17.3. The standard InChI is InChI=1S/C20H17N5OS/c21-12-15-6-4-5-9-17(15)22-18(26)13-27-20-23-19(14-10-11-14)25(24-20)16-7-2-1-3-8-16/h1-9,14H,10-11,13H2,(H,22,26). The SMILES string of the molecule is N#Cc1ccccc1NC(=O)CSc1nc(C2CC2)n(-c2ccccc2)n1. The second kappa shape index (κ2) is 7.64. The van der Waals surface area contributed by atoms with Crippen molar-refractivity contribution in [2.24, 2.45) is 0 Å². The second-order valence-electron chi connectivity index (χ2n) is 6.27. The van der Waals surface area contributed by atoms with Crippen molar-refractivity contribution in [2.45, 2.75) is 23.9 Å². The van der Waals surface area contributed by atoms with E-state index in [1.165, 1.54) is 11.8 Å². The summed E-state index contributed by atoms with van der Waals surface area (Å²) in [6.45, 7) is 0.